The molecule has 9 nitrogen and oxygen atoms in total. The van der Waals surface area contributed by atoms with Gasteiger partial charge in [0.05, 0.1) is 6.04 Å². The first kappa shape index (κ1) is 17.8. The molecule has 0 heterocycles. The molecule has 0 aromatic carbocycles. The van der Waals surface area contributed by atoms with Crippen molar-refractivity contribution in [3.05, 3.63) is 0 Å². The molecule has 0 saturated heterocycles. The summed E-state index contributed by atoms with van der Waals surface area (Å²) < 4.78 is 0. The fourth-order valence-electron chi connectivity index (χ4n) is 1.22. The summed E-state index contributed by atoms with van der Waals surface area (Å²) >= 11 is 0. The van der Waals surface area contributed by atoms with Crippen molar-refractivity contribution in [2.75, 3.05) is 0 Å². The van der Waals surface area contributed by atoms with Gasteiger partial charge in [-0.1, -0.05) is 0 Å². The molecule has 2 unspecified atom stereocenters. The molecule has 0 fully saturated rings. The van der Waals surface area contributed by atoms with E-state index < -0.39 is 41.8 Å². The van der Waals surface area contributed by atoms with Gasteiger partial charge in [-0.05, 0) is 20.3 Å². The predicted molar refractivity (Wildman–Crippen MR) is 69.2 cm³/mol. The van der Waals surface area contributed by atoms with E-state index >= 15 is 0 Å². The Morgan fingerprint density at radius 1 is 1.10 bits per heavy atom. The third-order valence-electron chi connectivity index (χ3n) is 2.48. The van der Waals surface area contributed by atoms with Crippen molar-refractivity contribution >= 4 is 23.7 Å². The van der Waals surface area contributed by atoms with E-state index in [2.05, 4.69) is 10.6 Å². The molecule has 3 atom stereocenters. The Hall–Kier alpha value is -2.16. The molecule has 9 heteroatoms. The molecule has 20 heavy (non-hydrogen) atoms. The van der Waals surface area contributed by atoms with E-state index in [1.54, 1.807) is 0 Å². The Labute approximate surface area is 116 Å². The molecule has 0 bridgehead atoms. The fraction of sp³-hybridized carbons (Fsp3) is 0.636. The van der Waals surface area contributed by atoms with Gasteiger partial charge in [-0.3, -0.25) is 19.2 Å². The lowest BCUT2D eigenvalue weighted by Crippen LogP contribution is -2.54. The molecule has 0 spiro atoms. The van der Waals surface area contributed by atoms with Gasteiger partial charge < -0.3 is 27.2 Å². The van der Waals surface area contributed by atoms with Crippen LogP contribution in [0, 0.1) is 0 Å². The van der Waals surface area contributed by atoms with E-state index in [0.717, 1.165) is 0 Å². The second-order valence-corrected chi connectivity index (χ2v) is 4.41. The van der Waals surface area contributed by atoms with Crippen molar-refractivity contribution in [3.8, 4) is 0 Å². The van der Waals surface area contributed by atoms with Crippen molar-refractivity contribution < 1.29 is 24.3 Å². The summed E-state index contributed by atoms with van der Waals surface area (Å²) in [6, 6.07) is -2.86. The molecule has 0 aromatic heterocycles. The smallest absolute Gasteiger partial charge is 0.303 e. The van der Waals surface area contributed by atoms with Gasteiger partial charge in [0.2, 0.25) is 17.7 Å². The van der Waals surface area contributed by atoms with Crippen molar-refractivity contribution in [1.29, 1.82) is 0 Å². The first-order valence-electron chi connectivity index (χ1n) is 6.02. The average molecular weight is 288 g/mol. The number of carboxylic acid groups (broad SMARTS) is 1. The average Bonchev–Trinajstić information content (AvgIpc) is 2.33. The Morgan fingerprint density at radius 2 is 1.65 bits per heavy atom. The fourth-order valence-corrected chi connectivity index (χ4v) is 1.22. The summed E-state index contributed by atoms with van der Waals surface area (Å²) in [6.45, 7) is 2.80. The van der Waals surface area contributed by atoms with Gasteiger partial charge in [0, 0.05) is 6.42 Å². The van der Waals surface area contributed by atoms with Crippen LogP contribution in [0.15, 0.2) is 0 Å². The lowest BCUT2D eigenvalue weighted by Gasteiger charge is -2.20. The number of primary amides is 1. The Balaban J connectivity index is 4.73. The van der Waals surface area contributed by atoms with Crippen LogP contribution in [0.25, 0.3) is 0 Å². The van der Waals surface area contributed by atoms with Crippen LogP contribution in [0.1, 0.15) is 26.7 Å². The highest BCUT2D eigenvalue weighted by Gasteiger charge is 2.25. The summed E-state index contributed by atoms with van der Waals surface area (Å²) in [7, 11) is 0. The van der Waals surface area contributed by atoms with Gasteiger partial charge in [0.1, 0.15) is 12.1 Å². The number of nitrogens with one attached hydrogen (secondary N) is 2. The number of nitrogens with two attached hydrogens (primary N) is 2. The molecule has 0 radical (unpaired) electrons. The van der Waals surface area contributed by atoms with E-state index in [1.165, 1.54) is 13.8 Å². The normalized spacial score (nSPS) is 14.8. The van der Waals surface area contributed by atoms with Crippen molar-refractivity contribution in [1.82, 2.24) is 10.6 Å². The highest BCUT2D eigenvalue weighted by molar-refractivity contribution is 5.92. The van der Waals surface area contributed by atoms with Crippen LogP contribution in [0.4, 0.5) is 0 Å². The van der Waals surface area contributed by atoms with Gasteiger partial charge in [0.25, 0.3) is 0 Å². The van der Waals surface area contributed by atoms with Gasteiger partial charge >= 0.3 is 5.97 Å². The Morgan fingerprint density at radius 3 is 2.05 bits per heavy atom. The lowest BCUT2D eigenvalue weighted by molar-refractivity contribution is -0.138. The monoisotopic (exact) mass is 288 g/mol. The minimum absolute atomic E-state index is 0.120. The highest BCUT2D eigenvalue weighted by Crippen LogP contribution is 2.00. The maximum Gasteiger partial charge on any atom is 0.303 e. The van der Waals surface area contributed by atoms with E-state index in [1.807, 2.05) is 0 Å². The summed E-state index contributed by atoms with van der Waals surface area (Å²) in [5.41, 5.74) is 10.4. The maximum atomic E-state index is 11.9. The number of aliphatic carboxylic acids is 1. The van der Waals surface area contributed by atoms with E-state index in [9.17, 15) is 19.2 Å². The second kappa shape index (κ2) is 8.10. The molecule has 3 amide bonds. The number of hydrogen-bond donors (Lipinski definition) is 5. The molecule has 0 saturated carbocycles. The van der Waals surface area contributed by atoms with Crippen LogP contribution in [-0.4, -0.2) is 46.9 Å². The first-order chi connectivity index (χ1) is 9.15. The molecular formula is C11H20N4O5. The number of amides is 3. The number of rotatable bonds is 8. The zero-order valence-corrected chi connectivity index (χ0v) is 11.4. The van der Waals surface area contributed by atoms with Gasteiger partial charge in [-0.15, -0.1) is 0 Å². The standard InChI is InChI=1S/C11H20N4O5/c1-5(12)10(19)15-7(3-4-8(16)17)11(20)14-6(2)9(13)18/h5-7H,3-4,12H2,1-2H3,(H2,13,18)(H,14,20)(H,15,19)(H,16,17)/t5?,6?,7-/m0/s1. The van der Waals surface area contributed by atoms with Crippen molar-refractivity contribution in [2.45, 2.75) is 44.8 Å². The SMILES string of the molecule is CC(N)C(=O)N[C@@H](CCC(=O)O)C(=O)NC(C)C(N)=O. The molecule has 0 aliphatic heterocycles. The number of hydrogen-bond acceptors (Lipinski definition) is 5. The number of carbonyl (C=O) groups excluding carboxylic acids is 3. The topological polar surface area (TPSA) is 165 Å². The minimum Gasteiger partial charge on any atom is -0.481 e. The summed E-state index contributed by atoms with van der Waals surface area (Å²) in [5.74, 6) is -3.14. The maximum absolute atomic E-state index is 11.9. The molecule has 7 N–H and O–H groups in total. The van der Waals surface area contributed by atoms with E-state index in [4.69, 9.17) is 16.6 Å². The third-order valence-corrected chi connectivity index (χ3v) is 2.48. The van der Waals surface area contributed by atoms with Gasteiger partial charge in [-0.2, -0.15) is 0 Å². The number of carbonyl (C=O) groups is 4. The van der Waals surface area contributed by atoms with E-state index in [0.29, 0.717) is 0 Å². The zero-order valence-electron chi connectivity index (χ0n) is 11.4. The molecule has 114 valence electrons. The molecule has 0 aliphatic rings. The van der Waals surface area contributed by atoms with Crippen LogP contribution in [-0.2, 0) is 19.2 Å². The first-order valence-corrected chi connectivity index (χ1v) is 6.02. The van der Waals surface area contributed by atoms with E-state index in [-0.39, 0.29) is 12.8 Å². The van der Waals surface area contributed by atoms with Crippen LogP contribution < -0.4 is 22.1 Å². The molecule has 0 aromatic rings. The second-order valence-electron chi connectivity index (χ2n) is 4.41. The van der Waals surface area contributed by atoms with Gasteiger partial charge in [0.15, 0.2) is 0 Å². The van der Waals surface area contributed by atoms with Crippen molar-refractivity contribution in [2.24, 2.45) is 11.5 Å². The predicted octanol–water partition coefficient (Wildman–Crippen LogP) is -2.33. The third kappa shape index (κ3) is 6.69. The van der Waals surface area contributed by atoms with Crippen LogP contribution in [0.5, 0.6) is 0 Å². The molecule has 0 aliphatic carbocycles. The summed E-state index contributed by atoms with van der Waals surface area (Å²) in [4.78, 5) is 44.7. The summed E-state index contributed by atoms with van der Waals surface area (Å²) in [5, 5.41) is 13.2. The lowest BCUT2D eigenvalue weighted by atomic mass is 10.1. The highest BCUT2D eigenvalue weighted by atomic mass is 16.4. The van der Waals surface area contributed by atoms with Crippen LogP contribution in [0.3, 0.4) is 0 Å². The summed E-state index contributed by atoms with van der Waals surface area (Å²) in [6.07, 6.45) is -0.437. The minimum atomic E-state index is -1.11. The molecular weight excluding hydrogens is 268 g/mol. The van der Waals surface area contributed by atoms with Crippen LogP contribution in [0.2, 0.25) is 0 Å². The molecule has 0 rings (SSSR count). The Bertz CT molecular complexity index is 396. The quantitative estimate of drug-likeness (QED) is 0.336. The van der Waals surface area contributed by atoms with Crippen LogP contribution >= 0.6 is 0 Å². The largest absolute Gasteiger partial charge is 0.481 e. The number of carboxylic acids is 1. The Kier molecular flexibility index (Phi) is 7.22. The zero-order chi connectivity index (χ0) is 15.9. The van der Waals surface area contributed by atoms with Crippen molar-refractivity contribution in [3.63, 3.8) is 0 Å². The van der Waals surface area contributed by atoms with Gasteiger partial charge in [-0.25, -0.2) is 0 Å².